The van der Waals surface area contributed by atoms with Crippen molar-refractivity contribution in [2.45, 2.75) is 26.7 Å². The summed E-state index contributed by atoms with van der Waals surface area (Å²) in [6, 6.07) is 11.8. The molecule has 0 aliphatic heterocycles. The number of halogens is 2. The molecular formula is C17H17BrINO. The predicted molar refractivity (Wildman–Crippen MR) is 100 cm³/mol. The maximum Gasteiger partial charge on any atom is 0.256 e. The van der Waals surface area contributed by atoms with Crippen molar-refractivity contribution in [3.8, 4) is 0 Å². The number of rotatable bonds is 3. The van der Waals surface area contributed by atoms with Crippen LogP contribution < -0.4 is 5.32 Å². The Labute approximate surface area is 147 Å². The highest BCUT2D eigenvalue weighted by atomic mass is 127. The summed E-state index contributed by atoms with van der Waals surface area (Å²) in [7, 11) is 0. The van der Waals surface area contributed by atoms with Gasteiger partial charge in [-0.05, 0) is 64.8 Å². The predicted octanol–water partition coefficient (Wildman–Crippen LogP) is 5.74. The molecule has 0 bridgehead atoms. The van der Waals surface area contributed by atoms with Crippen molar-refractivity contribution in [3.05, 3.63) is 61.1 Å². The van der Waals surface area contributed by atoms with Gasteiger partial charge in [-0.25, -0.2) is 0 Å². The van der Waals surface area contributed by atoms with Crippen molar-refractivity contribution in [2.75, 3.05) is 5.32 Å². The maximum absolute atomic E-state index is 12.6. The van der Waals surface area contributed by atoms with Crippen LogP contribution in [0.25, 0.3) is 0 Å². The highest BCUT2D eigenvalue weighted by Crippen LogP contribution is 2.28. The van der Waals surface area contributed by atoms with Crippen LogP contribution in [0.3, 0.4) is 0 Å². The Balaban J connectivity index is 2.38. The summed E-state index contributed by atoms with van der Waals surface area (Å²) in [5.41, 5.74) is 3.85. The number of carbonyl (C=O) groups excluding carboxylic acids is 1. The van der Waals surface area contributed by atoms with Crippen LogP contribution in [0, 0.1) is 10.5 Å². The zero-order chi connectivity index (χ0) is 15.6. The van der Waals surface area contributed by atoms with E-state index in [1.54, 1.807) is 0 Å². The SMILES string of the molecule is Cc1cccc(C(C)C)c1NC(=O)c1cc(Br)ccc1I. The quantitative estimate of drug-likeness (QED) is 0.585. The van der Waals surface area contributed by atoms with Gasteiger partial charge in [-0.1, -0.05) is 48.0 Å². The Bertz CT molecular complexity index is 682. The first-order valence-corrected chi connectivity index (χ1v) is 8.63. The molecular weight excluding hydrogens is 441 g/mol. The number of hydrogen-bond donors (Lipinski definition) is 1. The van der Waals surface area contributed by atoms with Gasteiger partial charge in [0, 0.05) is 13.7 Å². The van der Waals surface area contributed by atoms with Crippen molar-refractivity contribution in [1.82, 2.24) is 0 Å². The van der Waals surface area contributed by atoms with Gasteiger partial charge in [0.1, 0.15) is 0 Å². The number of aryl methyl sites for hydroxylation is 1. The molecule has 2 rings (SSSR count). The van der Waals surface area contributed by atoms with Gasteiger partial charge in [-0.15, -0.1) is 0 Å². The molecule has 1 N–H and O–H groups in total. The third kappa shape index (κ3) is 3.86. The summed E-state index contributed by atoms with van der Waals surface area (Å²) in [6.07, 6.45) is 0. The van der Waals surface area contributed by atoms with Gasteiger partial charge in [0.05, 0.1) is 5.56 Å². The van der Waals surface area contributed by atoms with E-state index >= 15 is 0 Å². The molecule has 0 saturated carbocycles. The molecule has 0 aromatic heterocycles. The normalized spacial score (nSPS) is 10.8. The van der Waals surface area contributed by atoms with Crippen LogP contribution >= 0.6 is 38.5 Å². The average Bonchev–Trinajstić information content (AvgIpc) is 2.43. The van der Waals surface area contributed by atoms with Crippen molar-refractivity contribution in [2.24, 2.45) is 0 Å². The van der Waals surface area contributed by atoms with Gasteiger partial charge < -0.3 is 5.32 Å². The van der Waals surface area contributed by atoms with E-state index in [1.165, 1.54) is 0 Å². The Morgan fingerprint density at radius 2 is 1.95 bits per heavy atom. The van der Waals surface area contributed by atoms with E-state index in [9.17, 15) is 4.79 Å². The molecule has 0 spiro atoms. The summed E-state index contributed by atoms with van der Waals surface area (Å²) in [5, 5.41) is 3.08. The second-order valence-corrected chi connectivity index (χ2v) is 7.35. The highest BCUT2D eigenvalue weighted by molar-refractivity contribution is 14.1. The lowest BCUT2D eigenvalue weighted by atomic mass is 9.98. The number of benzene rings is 2. The molecule has 0 fully saturated rings. The monoisotopic (exact) mass is 457 g/mol. The lowest BCUT2D eigenvalue weighted by molar-refractivity contribution is 0.102. The smallest absolute Gasteiger partial charge is 0.256 e. The molecule has 0 aliphatic carbocycles. The standard InChI is InChI=1S/C17H17BrINO/c1-10(2)13-6-4-5-11(3)16(13)20-17(21)14-9-12(18)7-8-15(14)19/h4-10H,1-3H3,(H,20,21). The maximum atomic E-state index is 12.6. The van der Waals surface area contributed by atoms with E-state index in [4.69, 9.17) is 0 Å². The number of amides is 1. The van der Waals surface area contributed by atoms with Gasteiger partial charge in [-0.3, -0.25) is 4.79 Å². The molecule has 2 aromatic carbocycles. The molecule has 21 heavy (non-hydrogen) atoms. The molecule has 0 aliphatic rings. The summed E-state index contributed by atoms with van der Waals surface area (Å²) in [5.74, 6) is 0.290. The average molecular weight is 458 g/mol. The minimum absolute atomic E-state index is 0.0723. The molecule has 1 amide bonds. The zero-order valence-corrected chi connectivity index (χ0v) is 15.9. The van der Waals surface area contributed by atoms with E-state index in [1.807, 2.05) is 37.3 Å². The topological polar surface area (TPSA) is 29.1 Å². The highest BCUT2D eigenvalue weighted by Gasteiger charge is 2.15. The van der Waals surface area contributed by atoms with E-state index in [0.717, 1.165) is 24.9 Å². The minimum Gasteiger partial charge on any atom is -0.321 e. The molecule has 0 atom stereocenters. The zero-order valence-electron chi connectivity index (χ0n) is 12.2. The summed E-state index contributed by atoms with van der Waals surface area (Å²) < 4.78 is 1.84. The summed E-state index contributed by atoms with van der Waals surface area (Å²) in [4.78, 5) is 12.6. The lowest BCUT2D eigenvalue weighted by Crippen LogP contribution is -2.16. The van der Waals surface area contributed by atoms with Crippen LogP contribution in [-0.2, 0) is 0 Å². The Hall–Kier alpha value is -0.880. The fourth-order valence-electron chi connectivity index (χ4n) is 2.19. The molecule has 4 heteroatoms. The van der Waals surface area contributed by atoms with Crippen LogP contribution in [0.4, 0.5) is 5.69 Å². The van der Waals surface area contributed by atoms with E-state index < -0.39 is 0 Å². The van der Waals surface area contributed by atoms with Crippen LogP contribution in [0.5, 0.6) is 0 Å². The molecule has 0 unspecified atom stereocenters. The van der Waals surface area contributed by atoms with Crippen molar-refractivity contribution in [1.29, 1.82) is 0 Å². The Kier molecular flexibility index (Phi) is 5.43. The van der Waals surface area contributed by atoms with Crippen LogP contribution in [0.15, 0.2) is 40.9 Å². The fraction of sp³-hybridized carbons (Fsp3) is 0.235. The van der Waals surface area contributed by atoms with Gasteiger partial charge in [0.15, 0.2) is 0 Å². The lowest BCUT2D eigenvalue weighted by Gasteiger charge is -2.17. The third-order valence-corrected chi connectivity index (χ3v) is 4.77. The van der Waals surface area contributed by atoms with Gasteiger partial charge in [-0.2, -0.15) is 0 Å². The van der Waals surface area contributed by atoms with Gasteiger partial charge >= 0.3 is 0 Å². The largest absolute Gasteiger partial charge is 0.321 e. The van der Waals surface area contributed by atoms with Crippen LogP contribution in [0.2, 0.25) is 0 Å². The van der Waals surface area contributed by atoms with E-state index in [-0.39, 0.29) is 5.91 Å². The number of para-hydroxylation sites is 1. The Morgan fingerprint density at radius 3 is 2.62 bits per heavy atom. The minimum atomic E-state index is -0.0723. The van der Waals surface area contributed by atoms with Crippen LogP contribution in [0.1, 0.15) is 41.3 Å². The summed E-state index contributed by atoms with van der Waals surface area (Å²) in [6.45, 7) is 6.29. The first-order valence-electron chi connectivity index (χ1n) is 6.76. The molecule has 2 nitrogen and oxygen atoms in total. The first-order chi connectivity index (χ1) is 9.90. The number of carbonyl (C=O) groups is 1. The van der Waals surface area contributed by atoms with Crippen molar-refractivity contribution < 1.29 is 4.79 Å². The first kappa shape index (κ1) is 16.5. The molecule has 0 saturated heterocycles. The molecule has 0 radical (unpaired) electrons. The number of anilines is 1. The molecule has 0 heterocycles. The van der Waals surface area contributed by atoms with Crippen LogP contribution in [-0.4, -0.2) is 5.91 Å². The van der Waals surface area contributed by atoms with Crippen molar-refractivity contribution in [3.63, 3.8) is 0 Å². The second kappa shape index (κ2) is 6.92. The van der Waals surface area contributed by atoms with E-state index in [2.05, 4.69) is 63.8 Å². The van der Waals surface area contributed by atoms with Crippen molar-refractivity contribution >= 4 is 50.1 Å². The number of nitrogens with one attached hydrogen (secondary N) is 1. The Morgan fingerprint density at radius 1 is 1.24 bits per heavy atom. The van der Waals surface area contributed by atoms with Gasteiger partial charge in [0.25, 0.3) is 5.91 Å². The van der Waals surface area contributed by atoms with Gasteiger partial charge in [0.2, 0.25) is 0 Å². The number of hydrogen-bond acceptors (Lipinski definition) is 1. The summed E-state index contributed by atoms with van der Waals surface area (Å²) >= 11 is 5.60. The van der Waals surface area contributed by atoms with E-state index in [0.29, 0.717) is 11.5 Å². The second-order valence-electron chi connectivity index (χ2n) is 5.27. The molecule has 110 valence electrons. The third-order valence-electron chi connectivity index (χ3n) is 3.34. The fourth-order valence-corrected chi connectivity index (χ4v) is 3.14. The molecule has 2 aromatic rings.